The van der Waals surface area contributed by atoms with Gasteiger partial charge >= 0.3 is 0 Å². The van der Waals surface area contributed by atoms with Gasteiger partial charge in [-0.3, -0.25) is 9.69 Å². The zero-order valence-corrected chi connectivity index (χ0v) is 15.8. The van der Waals surface area contributed by atoms with Crippen LogP contribution in [0.25, 0.3) is 0 Å². The molecular formula is C18H28ClN3O3. The average molecular weight is 370 g/mol. The molecule has 3 rings (SSSR count). The van der Waals surface area contributed by atoms with Gasteiger partial charge in [0, 0.05) is 50.9 Å². The number of likely N-dealkylation sites (tertiary alicyclic amines) is 1. The van der Waals surface area contributed by atoms with Crippen molar-refractivity contribution in [3.8, 4) is 11.5 Å². The Morgan fingerprint density at radius 3 is 2.68 bits per heavy atom. The highest BCUT2D eigenvalue weighted by Crippen LogP contribution is 2.29. The Labute approximate surface area is 155 Å². The van der Waals surface area contributed by atoms with Crippen molar-refractivity contribution in [1.82, 2.24) is 15.1 Å². The third-order valence-electron chi connectivity index (χ3n) is 4.83. The molecule has 1 amide bonds. The number of carbonyl (C=O) groups is 1. The van der Waals surface area contributed by atoms with Gasteiger partial charge in [0.05, 0.1) is 13.7 Å². The topological polar surface area (TPSA) is 54.0 Å². The molecule has 1 aromatic rings. The molecule has 7 heteroatoms. The summed E-state index contributed by atoms with van der Waals surface area (Å²) in [6.45, 7) is 8.37. The molecular weight excluding hydrogens is 342 g/mol. The van der Waals surface area contributed by atoms with E-state index in [4.69, 9.17) is 9.47 Å². The quantitative estimate of drug-likeness (QED) is 0.855. The molecule has 2 saturated heterocycles. The molecule has 0 aromatic heterocycles. The van der Waals surface area contributed by atoms with Gasteiger partial charge in [-0.2, -0.15) is 0 Å². The number of ether oxygens (including phenoxy) is 2. The molecule has 0 spiro atoms. The van der Waals surface area contributed by atoms with E-state index in [-0.39, 0.29) is 18.3 Å². The number of rotatable bonds is 5. The fourth-order valence-electron chi connectivity index (χ4n) is 3.53. The molecule has 2 aliphatic rings. The smallest absolute Gasteiger partial charge is 0.254 e. The second-order valence-electron chi connectivity index (χ2n) is 6.28. The Morgan fingerprint density at radius 1 is 1.24 bits per heavy atom. The van der Waals surface area contributed by atoms with Gasteiger partial charge in [0.15, 0.2) is 11.5 Å². The molecule has 0 radical (unpaired) electrons. The Balaban J connectivity index is 0.00000225. The van der Waals surface area contributed by atoms with Gasteiger partial charge in [-0.25, -0.2) is 0 Å². The first kappa shape index (κ1) is 19.8. The van der Waals surface area contributed by atoms with Crippen LogP contribution in [-0.2, 0) is 0 Å². The number of piperazine rings is 1. The Morgan fingerprint density at radius 2 is 2.00 bits per heavy atom. The molecule has 1 atom stereocenters. The molecule has 2 aliphatic heterocycles. The van der Waals surface area contributed by atoms with Crippen LogP contribution in [-0.4, -0.2) is 74.7 Å². The lowest BCUT2D eigenvalue weighted by molar-refractivity contribution is 0.0773. The lowest BCUT2D eigenvalue weighted by Gasteiger charge is -2.32. The Kier molecular flexibility index (Phi) is 7.35. The number of methoxy groups -OCH3 is 1. The van der Waals surface area contributed by atoms with Crippen LogP contribution in [0.1, 0.15) is 23.7 Å². The van der Waals surface area contributed by atoms with E-state index in [2.05, 4.69) is 10.2 Å². The lowest BCUT2D eigenvalue weighted by Crippen LogP contribution is -2.49. The van der Waals surface area contributed by atoms with Crippen LogP contribution in [0.4, 0.5) is 0 Å². The molecule has 6 nitrogen and oxygen atoms in total. The maximum atomic E-state index is 12.8. The summed E-state index contributed by atoms with van der Waals surface area (Å²) in [5.74, 6) is 1.37. The molecule has 0 aliphatic carbocycles. The number of nitrogens with one attached hydrogen (secondary N) is 1. The van der Waals surface area contributed by atoms with E-state index in [1.807, 2.05) is 24.0 Å². The minimum atomic E-state index is 0. The van der Waals surface area contributed by atoms with Gasteiger partial charge in [-0.1, -0.05) is 0 Å². The van der Waals surface area contributed by atoms with Crippen LogP contribution >= 0.6 is 12.4 Å². The third-order valence-corrected chi connectivity index (χ3v) is 4.83. The van der Waals surface area contributed by atoms with Crippen LogP contribution in [0.15, 0.2) is 18.2 Å². The highest BCUT2D eigenvalue weighted by Gasteiger charge is 2.31. The van der Waals surface area contributed by atoms with E-state index in [0.29, 0.717) is 29.7 Å². The van der Waals surface area contributed by atoms with Crippen LogP contribution in [0.5, 0.6) is 11.5 Å². The number of amides is 1. The standard InChI is InChI=1S/C18H27N3O3.ClH/c1-3-24-16-5-4-14(12-17(16)23-2)18(22)21-9-6-15(13-21)20-10-7-19-8-11-20;/h4-5,12,15,19H,3,6-11,13H2,1-2H3;1H. The van der Waals surface area contributed by atoms with Gasteiger partial charge in [0.25, 0.3) is 5.91 Å². The zero-order valence-electron chi connectivity index (χ0n) is 15.0. The van der Waals surface area contributed by atoms with Gasteiger partial charge in [-0.05, 0) is 31.5 Å². The van der Waals surface area contributed by atoms with E-state index in [1.165, 1.54) is 0 Å². The van der Waals surface area contributed by atoms with E-state index in [0.717, 1.165) is 45.7 Å². The molecule has 140 valence electrons. The summed E-state index contributed by atoms with van der Waals surface area (Å²) in [7, 11) is 1.60. The number of benzene rings is 1. The number of carbonyl (C=O) groups excluding carboxylic acids is 1. The fraction of sp³-hybridized carbons (Fsp3) is 0.611. The highest BCUT2D eigenvalue weighted by molar-refractivity contribution is 5.95. The summed E-state index contributed by atoms with van der Waals surface area (Å²) in [6.07, 6.45) is 1.06. The Hall–Kier alpha value is -1.50. The van der Waals surface area contributed by atoms with Crippen LogP contribution in [0, 0.1) is 0 Å². The monoisotopic (exact) mass is 369 g/mol. The zero-order chi connectivity index (χ0) is 16.9. The first-order valence-electron chi connectivity index (χ1n) is 8.77. The van der Waals surface area contributed by atoms with Crippen molar-refractivity contribution in [2.45, 2.75) is 19.4 Å². The van der Waals surface area contributed by atoms with Gasteiger partial charge in [0.2, 0.25) is 0 Å². The normalized spacial score (nSPS) is 20.9. The molecule has 0 bridgehead atoms. The SMILES string of the molecule is CCOc1ccc(C(=O)N2CCC(N3CCNCC3)C2)cc1OC.Cl. The van der Waals surface area contributed by atoms with Gasteiger partial charge in [0.1, 0.15) is 0 Å². The maximum Gasteiger partial charge on any atom is 0.254 e. The van der Waals surface area contributed by atoms with E-state index >= 15 is 0 Å². The molecule has 1 aromatic carbocycles. The Bertz CT molecular complexity index is 579. The molecule has 2 heterocycles. The van der Waals surface area contributed by atoms with Crippen molar-refractivity contribution in [3.63, 3.8) is 0 Å². The number of hydrogen-bond donors (Lipinski definition) is 1. The summed E-state index contributed by atoms with van der Waals surface area (Å²) in [5.41, 5.74) is 0.663. The van der Waals surface area contributed by atoms with Crippen LogP contribution < -0.4 is 14.8 Å². The predicted molar refractivity (Wildman–Crippen MR) is 100 cm³/mol. The third kappa shape index (κ3) is 4.57. The van der Waals surface area contributed by atoms with Crippen LogP contribution in [0.3, 0.4) is 0 Å². The van der Waals surface area contributed by atoms with Crippen molar-refractivity contribution in [2.24, 2.45) is 0 Å². The first-order chi connectivity index (χ1) is 11.7. The van der Waals surface area contributed by atoms with Crippen molar-refractivity contribution < 1.29 is 14.3 Å². The number of hydrogen-bond acceptors (Lipinski definition) is 5. The van der Waals surface area contributed by atoms with Gasteiger partial charge in [-0.15, -0.1) is 12.4 Å². The van der Waals surface area contributed by atoms with Crippen molar-refractivity contribution >= 4 is 18.3 Å². The van der Waals surface area contributed by atoms with Crippen molar-refractivity contribution in [3.05, 3.63) is 23.8 Å². The minimum absolute atomic E-state index is 0. The summed E-state index contributed by atoms with van der Waals surface area (Å²) in [6, 6.07) is 5.92. The largest absolute Gasteiger partial charge is 0.493 e. The summed E-state index contributed by atoms with van der Waals surface area (Å²) in [4.78, 5) is 17.3. The molecule has 25 heavy (non-hydrogen) atoms. The second kappa shape index (κ2) is 9.27. The van der Waals surface area contributed by atoms with Crippen molar-refractivity contribution in [2.75, 3.05) is 53.0 Å². The maximum absolute atomic E-state index is 12.8. The summed E-state index contributed by atoms with van der Waals surface area (Å²) < 4.78 is 10.9. The summed E-state index contributed by atoms with van der Waals surface area (Å²) >= 11 is 0. The molecule has 0 saturated carbocycles. The molecule has 2 fully saturated rings. The summed E-state index contributed by atoms with van der Waals surface area (Å²) in [5, 5.41) is 3.38. The fourth-order valence-corrected chi connectivity index (χ4v) is 3.53. The van der Waals surface area contributed by atoms with E-state index < -0.39 is 0 Å². The molecule has 1 N–H and O–H groups in total. The van der Waals surface area contributed by atoms with Crippen LogP contribution in [0.2, 0.25) is 0 Å². The van der Waals surface area contributed by atoms with E-state index in [1.54, 1.807) is 13.2 Å². The first-order valence-corrected chi connectivity index (χ1v) is 8.77. The lowest BCUT2D eigenvalue weighted by atomic mass is 10.1. The number of halogens is 1. The van der Waals surface area contributed by atoms with Crippen molar-refractivity contribution in [1.29, 1.82) is 0 Å². The minimum Gasteiger partial charge on any atom is -0.493 e. The average Bonchev–Trinajstić information content (AvgIpc) is 3.12. The van der Waals surface area contributed by atoms with E-state index in [9.17, 15) is 4.79 Å². The highest BCUT2D eigenvalue weighted by atomic mass is 35.5. The number of nitrogens with zero attached hydrogens (tertiary/aromatic N) is 2. The predicted octanol–water partition coefficient (Wildman–Crippen LogP) is 1.64. The second-order valence-corrected chi connectivity index (χ2v) is 6.28. The van der Waals surface area contributed by atoms with Gasteiger partial charge < -0.3 is 19.7 Å². The molecule has 1 unspecified atom stereocenters.